The monoisotopic (exact) mass is 420 g/mol. The Morgan fingerprint density at radius 3 is 2.52 bits per heavy atom. The number of amides is 1. The van der Waals surface area contributed by atoms with Crippen molar-refractivity contribution in [2.24, 2.45) is 10.9 Å². The highest BCUT2D eigenvalue weighted by atomic mass is 16.3. The van der Waals surface area contributed by atoms with E-state index >= 15 is 0 Å². The molecule has 164 valence electrons. The summed E-state index contributed by atoms with van der Waals surface area (Å²) in [6.45, 7) is 6.95. The van der Waals surface area contributed by atoms with Crippen molar-refractivity contribution in [2.45, 2.75) is 39.0 Å². The average molecular weight is 421 g/mol. The number of aliphatic hydroxyl groups is 1. The topological polar surface area (TPSA) is 80.0 Å². The third-order valence-electron chi connectivity index (χ3n) is 5.52. The normalized spacial score (nSPS) is 21.5. The van der Waals surface area contributed by atoms with Crippen molar-refractivity contribution in [1.82, 2.24) is 9.80 Å². The van der Waals surface area contributed by atoms with Gasteiger partial charge in [0.15, 0.2) is 0 Å². The molecule has 1 unspecified atom stereocenters. The number of nitrogens with zero attached hydrogens (tertiary/aromatic N) is 3. The summed E-state index contributed by atoms with van der Waals surface area (Å²) in [5.41, 5.74) is 2.73. The van der Waals surface area contributed by atoms with E-state index in [1.807, 2.05) is 30.3 Å². The fourth-order valence-corrected chi connectivity index (χ4v) is 3.64. The molecule has 1 aromatic rings. The number of nitrogens with one attached hydrogen (secondary N) is 1. The third-order valence-corrected chi connectivity index (χ3v) is 5.52. The largest absolute Gasteiger partial charge is 0.508 e. The Hall–Kier alpha value is -3.15. The highest BCUT2D eigenvalue weighted by Gasteiger charge is 2.31. The molecule has 1 aromatic carbocycles. The minimum Gasteiger partial charge on any atom is -0.508 e. The molecule has 2 aliphatic rings. The molecule has 1 aliphatic heterocycles. The average Bonchev–Trinajstić information content (AvgIpc) is 3.09. The number of aliphatic hydroxyl groups excluding tert-OH is 1. The summed E-state index contributed by atoms with van der Waals surface area (Å²) < 4.78 is 0. The van der Waals surface area contributed by atoms with Crippen LogP contribution in [0.25, 0.3) is 0 Å². The third kappa shape index (κ3) is 5.32. The Morgan fingerprint density at radius 2 is 1.94 bits per heavy atom. The lowest BCUT2D eigenvalue weighted by atomic mass is 9.86. The molecule has 2 N–H and O–H groups in total. The van der Waals surface area contributed by atoms with Gasteiger partial charge in [-0.3, -0.25) is 15.1 Å². The molecule has 1 atom stereocenters. The first-order valence-corrected chi connectivity index (χ1v) is 10.6. The summed E-state index contributed by atoms with van der Waals surface area (Å²) in [6.07, 6.45) is 8.94. The molecule has 3 rings (SSSR count). The van der Waals surface area contributed by atoms with Gasteiger partial charge in [0.05, 0.1) is 0 Å². The van der Waals surface area contributed by atoms with Crippen LogP contribution in [0, 0.1) is 11.3 Å². The minimum absolute atomic E-state index is 0.0199. The van der Waals surface area contributed by atoms with Crippen LogP contribution in [0.1, 0.15) is 49.5 Å². The van der Waals surface area contributed by atoms with Crippen molar-refractivity contribution < 1.29 is 9.90 Å². The van der Waals surface area contributed by atoms with Crippen LogP contribution in [0.3, 0.4) is 0 Å². The number of amidine groups is 1. The van der Waals surface area contributed by atoms with Crippen molar-refractivity contribution in [1.29, 1.82) is 5.41 Å². The van der Waals surface area contributed by atoms with E-state index in [4.69, 9.17) is 5.41 Å². The Bertz CT molecular complexity index is 976. The number of benzene rings is 1. The first-order valence-electron chi connectivity index (χ1n) is 10.6. The number of aliphatic imine (C=N–C) groups is 1. The van der Waals surface area contributed by atoms with Crippen LogP contribution in [-0.2, 0) is 5.41 Å². The number of carbonyl (C=O) groups excluding carboxylic acids is 1. The quantitative estimate of drug-likeness (QED) is 0.539. The van der Waals surface area contributed by atoms with E-state index in [1.54, 1.807) is 36.0 Å². The van der Waals surface area contributed by atoms with E-state index in [-0.39, 0.29) is 29.0 Å². The molecule has 0 spiro atoms. The van der Waals surface area contributed by atoms with Crippen molar-refractivity contribution in [3.05, 3.63) is 71.0 Å². The summed E-state index contributed by atoms with van der Waals surface area (Å²) in [5.74, 6) is 0.782. The lowest BCUT2D eigenvalue weighted by Gasteiger charge is -2.21. The van der Waals surface area contributed by atoms with Gasteiger partial charge in [0, 0.05) is 32.1 Å². The maximum absolute atomic E-state index is 13.3. The van der Waals surface area contributed by atoms with Gasteiger partial charge in [-0.2, -0.15) is 4.99 Å². The molecule has 6 heteroatoms. The summed E-state index contributed by atoms with van der Waals surface area (Å²) >= 11 is 0. The van der Waals surface area contributed by atoms with E-state index in [1.165, 1.54) is 5.56 Å². The number of rotatable bonds is 2. The van der Waals surface area contributed by atoms with E-state index in [2.05, 4.69) is 31.8 Å². The molecule has 0 radical (unpaired) electrons. The summed E-state index contributed by atoms with van der Waals surface area (Å²) in [5, 5.41) is 18.0. The standard InChI is InChI=1S/C25H32N4O2/c1-25(2,3)20-11-9-18(10-12-20)23(31)29-14-13-19(22(29)27-24(26)28(4)5)15-17-7-6-8-21(30)16-17/h6,8-12,15-17,26,30H,7,13-14H2,1-5H3/b19-15+,26-24?,27-22+. The SMILES string of the molecule is CN(C)C(=N)/N=C1\C(=C\C2C=C(O)C=CC2)CCN1C(=O)c1ccc(C(C)(C)C)cc1. The Balaban J connectivity index is 1.92. The lowest BCUT2D eigenvalue weighted by Crippen LogP contribution is -2.34. The van der Waals surface area contributed by atoms with E-state index in [0.717, 1.165) is 12.0 Å². The number of likely N-dealkylation sites (tertiary alicyclic amines) is 1. The van der Waals surface area contributed by atoms with Crippen LogP contribution >= 0.6 is 0 Å². The van der Waals surface area contributed by atoms with Gasteiger partial charge in [0.25, 0.3) is 5.91 Å². The molecule has 1 amide bonds. The van der Waals surface area contributed by atoms with Crippen LogP contribution in [0.5, 0.6) is 0 Å². The molecule has 0 aromatic heterocycles. The van der Waals surface area contributed by atoms with Gasteiger partial charge in [-0.1, -0.05) is 45.1 Å². The fourth-order valence-electron chi connectivity index (χ4n) is 3.64. The second-order valence-electron chi connectivity index (χ2n) is 9.27. The number of hydrogen-bond donors (Lipinski definition) is 2. The van der Waals surface area contributed by atoms with Crippen LogP contribution in [0.2, 0.25) is 0 Å². The predicted octanol–water partition coefficient (Wildman–Crippen LogP) is 4.67. The van der Waals surface area contributed by atoms with Crippen molar-refractivity contribution in [3.8, 4) is 0 Å². The first-order chi connectivity index (χ1) is 14.6. The molecule has 31 heavy (non-hydrogen) atoms. The van der Waals surface area contributed by atoms with E-state index in [0.29, 0.717) is 24.4 Å². The fraction of sp³-hybridized carbons (Fsp3) is 0.400. The molecular formula is C25H32N4O2. The summed E-state index contributed by atoms with van der Waals surface area (Å²) in [7, 11) is 3.52. The maximum atomic E-state index is 13.3. The van der Waals surface area contributed by atoms with Crippen LogP contribution < -0.4 is 0 Å². The van der Waals surface area contributed by atoms with Gasteiger partial charge in [-0.05, 0) is 53.7 Å². The van der Waals surface area contributed by atoms with Crippen molar-refractivity contribution in [3.63, 3.8) is 0 Å². The summed E-state index contributed by atoms with van der Waals surface area (Å²) in [6, 6.07) is 7.74. The van der Waals surface area contributed by atoms with Gasteiger partial charge in [-0.15, -0.1) is 0 Å². The van der Waals surface area contributed by atoms with E-state index in [9.17, 15) is 9.90 Å². The van der Waals surface area contributed by atoms with E-state index < -0.39 is 0 Å². The molecule has 0 bridgehead atoms. The van der Waals surface area contributed by atoms with Gasteiger partial charge in [0.1, 0.15) is 11.6 Å². The molecule has 6 nitrogen and oxygen atoms in total. The molecule has 1 saturated heterocycles. The van der Waals surface area contributed by atoms with Crippen molar-refractivity contribution >= 4 is 17.7 Å². The zero-order valence-electron chi connectivity index (χ0n) is 19.0. The first kappa shape index (κ1) is 22.5. The van der Waals surface area contributed by atoms with Crippen LogP contribution in [0.15, 0.2) is 64.9 Å². The van der Waals surface area contributed by atoms with Crippen molar-refractivity contribution in [2.75, 3.05) is 20.6 Å². The Kier molecular flexibility index (Phi) is 6.48. The zero-order valence-corrected chi connectivity index (χ0v) is 19.0. The van der Waals surface area contributed by atoms with Crippen LogP contribution in [0.4, 0.5) is 0 Å². The van der Waals surface area contributed by atoms with Gasteiger partial charge in [0.2, 0.25) is 5.96 Å². The highest BCUT2D eigenvalue weighted by molar-refractivity contribution is 6.16. The number of hydrogen-bond acceptors (Lipinski definition) is 3. The summed E-state index contributed by atoms with van der Waals surface area (Å²) in [4.78, 5) is 21.1. The van der Waals surface area contributed by atoms with Gasteiger partial charge >= 0.3 is 0 Å². The number of carbonyl (C=O) groups is 1. The number of guanidine groups is 1. The Morgan fingerprint density at radius 1 is 1.26 bits per heavy atom. The molecule has 1 fully saturated rings. The lowest BCUT2D eigenvalue weighted by molar-refractivity contribution is 0.0857. The molecule has 1 aliphatic carbocycles. The highest BCUT2D eigenvalue weighted by Crippen LogP contribution is 2.27. The maximum Gasteiger partial charge on any atom is 0.259 e. The molecular weight excluding hydrogens is 388 g/mol. The second kappa shape index (κ2) is 8.92. The zero-order chi connectivity index (χ0) is 22.8. The number of allylic oxidation sites excluding steroid dienone is 4. The Labute approximate surface area is 184 Å². The predicted molar refractivity (Wildman–Crippen MR) is 126 cm³/mol. The molecule has 0 saturated carbocycles. The van der Waals surface area contributed by atoms with Crippen LogP contribution in [-0.4, -0.2) is 53.2 Å². The van der Waals surface area contributed by atoms with Gasteiger partial charge in [-0.25, -0.2) is 0 Å². The minimum atomic E-state index is -0.115. The second-order valence-corrected chi connectivity index (χ2v) is 9.27. The smallest absolute Gasteiger partial charge is 0.259 e. The van der Waals surface area contributed by atoms with Gasteiger partial charge < -0.3 is 10.0 Å². The molecule has 1 heterocycles.